The van der Waals surface area contributed by atoms with Crippen LogP contribution in [0.3, 0.4) is 0 Å². The molecule has 1 rings (SSSR count). The van der Waals surface area contributed by atoms with E-state index in [9.17, 15) is 9.59 Å². The molecule has 0 aromatic rings. The maximum atomic E-state index is 10.1. The Labute approximate surface area is 44.1 Å². The smallest absolute Gasteiger partial charge is 0.261 e. The molecule has 0 saturated heterocycles. The molecule has 0 saturated carbocycles. The van der Waals surface area contributed by atoms with Crippen LogP contribution in [0.25, 0.3) is 0 Å². The largest absolute Gasteiger partial charge is 0.426 e. The first-order valence-corrected chi connectivity index (χ1v) is 1.88. The van der Waals surface area contributed by atoms with E-state index in [0.717, 1.165) is 6.21 Å². The van der Waals surface area contributed by atoms with Gasteiger partial charge in [0.15, 0.2) is 5.11 Å². The Bertz CT molecular complexity index is 183. The molecule has 0 radical (unpaired) electrons. The minimum atomic E-state index is -0.711. The van der Waals surface area contributed by atoms with Gasteiger partial charge in [0, 0.05) is 0 Å². The van der Waals surface area contributed by atoms with Crippen LogP contribution >= 0.6 is 0 Å². The normalized spacial score (nSPS) is 16.5. The molecule has 1 heterocycles. The van der Waals surface area contributed by atoms with E-state index < -0.39 is 11.9 Å². The van der Waals surface area contributed by atoms with Gasteiger partial charge in [-0.15, -0.1) is 0 Å². The van der Waals surface area contributed by atoms with E-state index in [1.165, 1.54) is 0 Å². The fraction of sp³-hybridized carbons (Fsp3) is 0. The number of hydrogen-bond donors (Lipinski definition) is 1. The summed E-state index contributed by atoms with van der Waals surface area (Å²) in [6.45, 7) is 0. The number of rotatable bonds is 0. The molecule has 0 atom stereocenters. The van der Waals surface area contributed by atoms with E-state index in [1.807, 2.05) is 5.32 Å². The van der Waals surface area contributed by atoms with Gasteiger partial charge in [-0.1, -0.05) is 0 Å². The summed E-state index contributed by atoms with van der Waals surface area (Å²) in [5, 5.41) is 4.86. The van der Waals surface area contributed by atoms with Gasteiger partial charge < -0.3 is 0 Å². The van der Waals surface area contributed by atoms with Crippen LogP contribution in [0.2, 0.25) is 0 Å². The molecular weight excluding hydrogens is 110 g/mol. The average Bonchev–Trinajstić information content (AvgIpc) is 1.64. The van der Waals surface area contributed by atoms with Crippen LogP contribution < -0.4 is 5.32 Å². The quantitative estimate of drug-likeness (QED) is 0.407. The van der Waals surface area contributed by atoms with E-state index in [1.54, 1.807) is 0 Å². The highest BCUT2D eigenvalue weighted by Crippen LogP contribution is 1.72. The third kappa shape index (κ3) is 0.772. The Morgan fingerprint density at radius 3 is 2.75 bits per heavy atom. The maximum Gasteiger partial charge on any atom is 0.426 e. The molecule has 8 heavy (non-hydrogen) atoms. The van der Waals surface area contributed by atoms with Crippen LogP contribution in [0, 0.1) is 0 Å². The SMILES string of the molecule is O=C1C=[N+]=NC(=O)N1. The molecule has 1 aliphatic heterocycles. The predicted molar refractivity (Wildman–Crippen MR) is 22.3 cm³/mol. The van der Waals surface area contributed by atoms with Crippen LogP contribution in [0.5, 0.6) is 0 Å². The fourth-order valence-corrected chi connectivity index (χ4v) is 0.296. The minimum Gasteiger partial charge on any atom is -0.261 e. The lowest BCUT2D eigenvalue weighted by Gasteiger charge is -1.83. The van der Waals surface area contributed by atoms with E-state index in [-0.39, 0.29) is 0 Å². The van der Waals surface area contributed by atoms with Gasteiger partial charge in [0.2, 0.25) is 0 Å². The van der Waals surface area contributed by atoms with Crippen LogP contribution in [0.1, 0.15) is 0 Å². The third-order valence-electron chi connectivity index (χ3n) is 0.554. The van der Waals surface area contributed by atoms with E-state index >= 15 is 0 Å². The summed E-state index contributed by atoms with van der Waals surface area (Å²) in [5.41, 5.74) is 0. The zero-order chi connectivity index (χ0) is 5.98. The second-order valence-electron chi connectivity index (χ2n) is 1.14. The van der Waals surface area contributed by atoms with Crippen LogP contribution in [-0.2, 0) is 4.79 Å². The van der Waals surface area contributed by atoms with Crippen LogP contribution in [-0.4, -0.2) is 22.9 Å². The molecule has 5 heteroatoms. The lowest BCUT2D eigenvalue weighted by molar-refractivity contribution is -0.125. The Morgan fingerprint density at radius 1 is 1.62 bits per heavy atom. The molecule has 0 spiro atoms. The number of carbonyl (C=O) groups is 2. The molecule has 40 valence electrons. The number of nitrogens with zero attached hydrogens (tertiary/aromatic N) is 2. The second-order valence-corrected chi connectivity index (χ2v) is 1.14. The summed E-state index contributed by atoms with van der Waals surface area (Å²) < 4.78 is 0. The molecule has 3 amide bonds. The maximum absolute atomic E-state index is 10.1. The van der Waals surface area contributed by atoms with Crippen molar-refractivity contribution in [3.63, 3.8) is 0 Å². The minimum absolute atomic E-state index is 0.523. The number of urea groups is 1. The van der Waals surface area contributed by atoms with Crippen molar-refractivity contribution in [2.75, 3.05) is 0 Å². The summed E-state index contributed by atoms with van der Waals surface area (Å²) >= 11 is 0. The van der Waals surface area contributed by atoms with Crippen molar-refractivity contribution < 1.29 is 14.4 Å². The lowest BCUT2D eigenvalue weighted by atomic mass is 10.6. The monoisotopic (exact) mass is 112 g/mol. The van der Waals surface area contributed by atoms with Crippen molar-refractivity contribution in [3.8, 4) is 0 Å². The molecule has 0 aliphatic carbocycles. The van der Waals surface area contributed by atoms with Gasteiger partial charge in [0.25, 0.3) is 0 Å². The molecule has 5 nitrogen and oxygen atoms in total. The molecular formula is C3H2N3O2+. The lowest BCUT2D eigenvalue weighted by Crippen LogP contribution is -2.31. The topological polar surface area (TPSA) is 72.6 Å². The van der Waals surface area contributed by atoms with E-state index in [2.05, 4.69) is 9.90 Å². The van der Waals surface area contributed by atoms with Gasteiger partial charge in [-0.3, -0.25) is 10.1 Å². The van der Waals surface area contributed by atoms with Crippen molar-refractivity contribution in [2.45, 2.75) is 0 Å². The van der Waals surface area contributed by atoms with E-state index in [4.69, 9.17) is 0 Å². The highest BCUT2D eigenvalue weighted by Gasteiger charge is 2.15. The Kier molecular flexibility index (Phi) is 0.908. The van der Waals surface area contributed by atoms with Gasteiger partial charge in [-0.2, -0.15) is 0 Å². The zero-order valence-electron chi connectivity index (χ0n) is 3.79. The number of nitrogens with one attached hydrogen (secondary N) is 1. The van der Waals surface area contributed by atoms with Crippen molar-refractivity contribution >= 4 is 18.2 Å². The summed E-state index contributed by atoms with van der Waals surface area (Å²) in [6.07, 6.45) is 0.932. The second kappa shape index (κ2) is 1.55. The van der Waals surface area contributed by atoms with Gasteiger partial charge in [-0.05, 0) is 0 Å². The Balaban J connectivity index is 2.92. The van der Waals surface area contributed by atoms with Gasteiger partial charge >= 0.3 is 18.2 Å². The van der Waals surface area contributed by atoms with Crippen molar-refractivity contribution in [2.24, 2.45) is 5.11 Å². The van der Waals surface area contributed by atoms with Gasteiger partial charge in [0.05, 0.1) is 4.79 Å². The van der Waals surface area contributed by atoms with Gasteiger partial charge in [0.1, 0.15) is 0 Å². The molecule has 0 aromatic carbocycles. The number of imide groups is 1. The fourth-order valence-electron chi connectivity index (χ4n) is 0.296. The standard InChI is InChI=1S/C3HN3O2/c7-2-1-4-6-3(8)5-2/h1H/p+1. The first kappa shape index (κ1) is 4.67. The Morgan fingerprint density at radius 2 is 2.38 bits per heavy atom. The van der Waals surface area contributed by atoms with E-state index in [0.29, 0.717) is 0 Å². The summed E-state index contributed by atoms with van der Waals surface area (Å²) in [6, 6.07) is -0.711. The molecule has 0 bridgehead atoms. The first-order valence-electron chi connectivity index (χ1n) is 1.88. The number of carbonyl (C=O) groups excluding carboxylic acids is 2. The molecule has 0 aromatic heterocycles. The molecule has 1 N–H and O–H groups in total. The highest BCUT2D eigenvalue weighted by molar-refractivity contribution is 6.28. The van der Waals surface area contributed by atoms with Crippen molar-refractivity contribution in [3.05, 3.63) is 0 Å². The van der Waals surface area contributed by atoms with Gasteiger partial charge in [-0.25, -0.2) is 4.79 Å². The summed E-state index contributed by atoms with van der Waals surface area (Å²) in [7, 11) is 0. The summed E-state index contributed by atoms with van der Waals surface area (Å²) in [5.74, 6) is -0.523. The molecule has 1 aliphatic rings. The number of amides is 3. The zero-order valence-corrected chi connectivity index (χ0v) is 3.79. The van der Waals surface area contributed by atoms with Crippen LogP contribution in [0.15, 0.2) is 5.11 Å². The van der Waals surface area contributed by atoms with Crippen molar-refractivity contribution in [1.29, 1.82) is 0 Å². The predicted octanol–water partition coefficient (Wildman–Crippen LogP) is -1.03. The Hall–Kier alpha value is -1.48. The van der Waals surface area contributed by atoms with Crippen molar-refractivity contribution in [1.82, 2.24) is 5.32 Å². The molecule has 0 fully saturated rings. The number of hydrogen-bond acceptors (Lipinski definition) is 2. The third-order valence-corrected chi connectivity index (χ3v) is 0.554. The first-order chi connectivity index (χ1) is 3.79. The van der Waals surface area contributed by atoms with Crippen LogP contribution in [0.4, 0.5) is 4.79 Å². The molecule has 0 unspecified atom stereocenters. The summed E-state index contributed by atoms with van der Waals surface area (Å²) in [4.78, 5) is 23.3. The average molecular weight is 112 g/mol. The highest BCUT2D eigenvalue weighted by atomic mass is 16.2.